The second-order valence-corrected chi connectivity index (χ2v) is 9.70. The van der Waals surface area contributed by atoms with E-state index in [4.69, 9.17) is 10.7 Å². The Balaban J connectivity index is 1.64. The Kier molecular flexibility index (Phi) is 6.27. The van der Waals surface area contributed by atoms with E-state index in [1.807, 2.05) is 19.9 Å². The van der Waals surface area contributed by atoms with Gasteiger partial charge in [0, 0.05) is 26.1 Å². The van der Waals surface area contributed by atoms with Crippen LogP contribution in [-0.4, -0.2) is 31.8 Å². The molecule has 0 aliphatic rings. The van der Waals surface area contributed by atoms with Gasteiger partial charge in [-0.15, -0.1) is 11.3 Å². The molecule has 164 valence electrons. The van der Waals surface area contributed by atoms with Gasteiger partial charge in [-0.05, 0) is 42.8 Å². The van der Waals surface area contributed by atoms with Crippen LogP contribution < -0.4 is 11.1 Å². The van der Waals surface area contributed by atoms with Crippen LogP contribution in [0.1, 0.15) is 50.6 Å². The average Bonchev–Trinajstić information content (AvgIpc) is 3.31. The Hall–Kier alpha value is -2.48. The molecule has 0 aliphatic heterocycles. The van der Waals surface area contributed by atoms with E-state index >= 15 is 0 Å². The second-order valence-electron chi connectivity index (χ2n) is 8.78. The van der Waals surface area contributed by atoms with E-state index in [2.05, 4.69) is 51.4 Å². The van der Waals surface area contributed by atoms with Crippen LogP contribution in [-0.2, 0) is 19.5 Å². The van der Waals surface area contributed by atoms with Crippen LogP contribution in [0.2, 0.25) is 0 Å². The highest BCUT2D eigenvalue weighted by Crippen LogP contribution is 2.33. The molecule has 0 fully saturated rings. The van der Waals surface area contributed by atoms with Gasteiger partial charge in [0.25, 0.3) is 0 Å². The van der Waals surface area contributed by atoms with Gasteiger partial charge in [-0.3, -0.25) is 0 Å². The van der Waals surface area contributed by atoms with Crippen molar-refractivity contribution in [1.82, 2.24) is 19.9 Å². The summed E-state index contributed by atoms with van der Waals surface area (Å²) < 4.78 is 3.47. The molecule has 4 aromatic rings. The minimum Gasteiger partial charge on any atom is -0.389 e. The highest BCUT2D eigenvalue weighted by Gasteiger charge is 2.18. The minimum absolute atomic E-state index is 0.505. The fourth-order valence-electron chi connectivity index (χ4n) is 3.81. The van der Waals surface area contributed by atoms with Crippen LogP contribution >= 0.6 is 11.3 Å². The summed E-state index contributed by atoms with van der Waals surface area (Å²) in [6.45, 7) is 7.86. The van der Waals surface area contributed by atoms with E-state index in [9.17, 15) is 5.11 Å². The zero-order valence-corrected chi connectivity index (χ0v) is 19.3. The summed E-state index contributed by atoms with van der Waals surface area (Å²) in [5, 5.41) is 15.2. The molecule has 31 heavy (non-hydrogen) atoms. The number of rotatable bonds is 9. The third-order valence-electron chi connectivity index (χ3n) is 5.39. The van der Waals surface area contributed by atoms with E-state index in [1.165, 1.54) is 11.1 Å². The van der Waals surface area contributed by atoms with Gasteiger partial charge in [-0.1, -0.05) is 37.6 Å². The van der Waals surface area contributed by atoms with Gasteiger partial charge in [-0.25, -0.2) is 9.97 Å². The molecule has 0 unspecified atom stereocenters. The number of hydrogen-bond donors (Lipinski definition) is 3. The lowest BCUT2D eigenvalue weighted by molar-refractivity contribution is 0.0795. The Morgan fingerprint density at radius 2 is 1.87 bits per heavy atom. The lowest BCUT2D eigenvalue weighted by Gasteiger charge is -2.17. The predicted molar refractivity (Wildman–Crippen MR) is 129 cm³/mol. The Labute approximate surface area is 187 Å². The molecule has 0 radical (unpaired) electrons. The third kappa shape index (κ3) is 4.89. The van der Waals surface area contributed by atoms with Crippen LogP contribution in [0.3, 0.4) is 0 Å². The number of fused-ring (bicyclic) bond motifs is 3. The molecular formula is C24H31N5OS. The molecule has 1 aromatic carbocycles. The van der Waals surface area contributed by atoms with Crippen molar-refractivity contribution in [2.45, 2.75) is 58.7 Å². The quantitative estimate of drug-likeness (QED) is 0.359. The van der Waals surface area contributed by atoms with Crippen molar-refractivity contribution in [3.8, 4) is 0 Å². The molecule has 0 saturated heterocycles. The van der Waals surface area contributed by atoms with Crippen LogP contribution in [0, 0.1) is 0 Å². The summed E-state index contributed by atoms with van der Waals surface area (Å²) >= 11 is 1.69. The Bertz CT molecular complexity index is 1170. The fraction of sp³-hybridized carbons (Fsp3) is 0.417. The fourth-order valence-corrected chi connectivity index (χ4v) is 4.70. The summed E-state index contributed by atoms with van der Waals surface area (Å²) in [5.74, 6) is 1.58. The number of nitrogen functional groups attached to an aromatic ring is 1. The van der Waals surface area contributed by atoms with Crippen molar-refractivity contribution in [2.75, 3.05) is 12.3 Å². The summed E-state index contributed by atoms with van der Waals surface area (Å²) in [6.07, 6.45) is 3.14. The highest BCUT2D eigenvalue weighted by atomic mass is 32.1. The predicted octanol–water partition coefficient (Wildman–Crippen LogP) is 4.48. The molecule has 0 saturated carbocycles. The van der Waals surface area contributed by atoms with Gasteiger partial charge in [0.05, 0.1) is 21.3 Å². The van der Waals surface area contributed by atoms with Crippen molar-refractivity contribution in [3.63, 3.8) is 0 Å². The number of anilines is 1. The SMILES string of the molecule is CCCCc1nc2c(N)nc3ccsc3c2n1Cc1ccc(CNCC(C)(C)O)cc1. The number of imidazole rings is 1. The van der Waals surface area contributed by atoms with E-state index in [0.29, 0.717) is 12.4 Å². The number of aromatic nitrogens is 3. The van der Waals surface area contributed by atoms with Crippen LogP contribution in [0.4, 0.5) is 5.82 Å². The Morgan fingerprint density at radius 3 is 2.58 bits per heavy atom. The summed E-state index contributed by atoms with van der Waals surface area (Å²) in [4.78, 5) is 9.46. The molecule has 6 nitrogen and oxygen atoms in total. The largest absolute Gasteiger partial charge is 0.389 e. The summed E-state index contributed by atoms with van der Waals surface area (Å²) in [5.41, 5.74) is 10.8. The number of aliphatic hydroxyl groups is 1. The monoisotopic (exact) mass is 437 g/mol. The number of thiophene rings is 1. The minimum atomic E-state index is -0.707. The lowest BCUT2D eigenvalue weighted by Crippen LogP contribution is -2.34. The first-order chi connectivity index (χ1) is 14.9. The summed E-state index contributed by atoms with van der Waals surface area (Å²) in [6, 6.07) is 10.7. The zero-order chi connectivity index (χ0) is 22.0. The molecule has 4 N–H and O–H groups in total. The number of hydrogen-bond acceptors (Lipinski definition) is 6. The van der Waals surface area contributed by atoms with Gasteiger partial charge in [0.1, 0.15) is 11.3 Å². The maximum Gasteiger partial charge on any atom is 0.152 e. The molecule has 7 heteroatoms. The molecule has 0 atom stereocenters. The first kappa shape index (κ1) is 21.7. The smallest absolute Gasteiger partial charge is 0.152 e. The molecule has 0 aliphatic carbocycles. The van der Waals surface area contributed by atoms with Crippen LogP contribution in [0.25, 0.3) is 21.3 Å². The molecule has 0 spiro atoms. The van der Waals surface area contributed by atoms with Crippen molar-refractivity contribution < 1.29 is 5.11 Å². The first-order valence-corrected chi connectivity index (χ1v) is 11.8. The molecule has 3 heterocycles. The number of unbranched alkanes of at least 4 members (excludes halogenated alkanes) is 1. The molecular weight excluding hydrogens is 406 g/mol. The van der Waals surface area contributed by atoms with Gasteiger partial charge >= 0.3 is 0 Å². The topological polar surface area (TPSA) is 89.0 Å². The van der Waals surface area contributed by atoms with E-state index in [-0.39, 0.29) is 0 Å². The van der Waals surface area contributed by atoms with Gasteiger partial charge in [-0.2, -0.15) is 0 Å². The first-order valence-electron chi connectivity index (χ1n) is 10.9. The van der Waals surface area contributed by atoms with Crippen molar-refractivity contribution in [3.05, 3.63) is 52.7 Å². The number of nitrogens with zero attached hydrogens (tertiary/aromatic N) is 3. The normalized spacial score (nSPS) is 12.3. The number of pyridine rings is 1. The highest BCUT2D eigenvalue weighted by molar-refractivity contribution is 7.18. The molecule has 0 amide bonds. The second kappa shape index (κ2) is 8.94. The van der Waals surface area contributed by atoms with E-state index in [0.717, 1.165) is 59.4 Å². The zero-order valence-electron chi connectivity index (χ0n) is 18.5. The van der Waals surface area contributed by atoms with Crippen molar-refractivity contribution >= 4 is 38.4 Å². The third-order valence-corrected chi connectivity index (χ3v) is 6.30. The van der Waals surface area contributed by atoms with Gasteiger partial charge < -0.3 is 20.7 Å². The van der Waals surface area contributed by atoms with Crippen LogP contribution in [0.5, 0.6) is 0 Å². The lowest BCUT2D eigenvalue weighted by atomic mass is 10.1. The maximum atomic E-state index is 9.85. The maximum absolute atomic E-state index is 9.85. The standard InChI is InChI=1S/C24H31N5OS/c1-4-5-6-19-28-20-21(22-18(11-12-31-22)27-23(20)25)29(19)14-17-9-7-16(8-10-17)13-26-15-24(2,3)30/h7-12,26,30H,4-6,13-15H2,1-3H3,(H2,25,27). The van der Waals surface area contributed by atoms with Crippen LogP contribution in [0.15, 0.2) is 35.7 Å². The number of benzene rings is 1. The van der Waals surface area contributed by atoms with Crippen molar-refractivity contribution in [2.24, 2.45) is 0 Å². The van der Waals surface area contributed by atoms with Gasteiger partial charge in [0.2, 0.25) is 0 Å². The number of aryl methyl sites for hydroxylation is 1. The summed E-state index contributed by atoms with van der Waals surface area (Å²) in [7, 11) is 0. The Morgan fingerprint density at radius 1 is 1.13 bits per heavy atom. The van der Waals surface area contributed by atoms with E-state index < -0.39 is 5.60 Å². The average molecular weight is 438 g/mol. The number of nitrogens with one attached hydrogen (secondary N) is 1. The number of nitrogens with two attached hydrogens (primary N) is 1. The molecule has 0 bridgehead atoms. The van der Waals surface area contributed by atoms with Gasteiger partial charge in [0.15, 0.2) is 5.82 Å². The molecule has 3 aromatic heterocycles. The van der Waals surface area contributed by atoms with Crippen molar-refractivity contribution in [1.29, 1.82) is 0 Å². The molecule has 4 rings (SSSR count). The van der Waals surface area contributed by atoms with E-state index in [1.54, 1.807) is 11.3 Å².